The van der Waals surface area contributed by atoms with E-state index >= 15 is 0 Å². The highest BCUT2D eigenvalue weighted by atomic mass is 35.5. The number of carbonyl (C=O) groups excluding carboxylic acids is 2. The maximum atomic E-state index is 13.5. The Morgan fingerprint density at radius 3 is 2.12 bits per heavy atom. The van der Waals surface area contributed by atoms with Crippen molar-refractivity contribution >= 4 is 29.0 Å². The summed E-state index contributed by atoms with van der Waals surface area (Å²) in [5.41, 5.74) is 3.34. The molecule has 0 aliphatic carbocycles. The van der Waals surface area contributed by atoms with Crippen LogP contribution in [0.3, 0.4) is 0 Å². The van der Waals surface area contributed by atoms with E-state index in [-0.39, 0.29) is 18.4 Å². The van der Waals surface area contributed by atoms with Crippen LogP contribution in [-0.2, 0) is 22.7 Å². The number of methoxy groups -OCH3 is 1. The molecule has 4 rings (SSSR count). The number of likely N-dealkylation sites (N-methyl/N-ethyl adjacent to an activating group) is 1. The van der Waals surface area contributed by atoms with Crippen LogP contribution in [0.25, 0.3) is 5.57 Å². The van der Waals surface area contributed by atoms with Gasteiger partial charge in [0.2, 0.25) is 0 Å². The summed E-state index contributed by atoms with van der Waals surface area (Å²) < 4.78 is 5.24. The van der Waals surface area contributed by atoms with E-state index in [2.05, 4.69) is 0 Å². The minimum atomic E-state index is -0.315. The highest BCUT2D eigenvalue weighted by molar-refractivity contribution is 6.35. The summed E-state index contributed by atoms with van der Waals surface area (Å²) in [6, 6.07) is 24.2. The number of amides is 2. The minimum Gasteiger partial charge on any atom is -0.497 e. The summed E-state index contributed by atoms with van der Waals surface area (Å²) in [6.45, 7) is 0.681. The molecule has 6 heteroatoms. The number of rotatable bonds is 7. The lowest BCUT2D eigenvalue weighted by Crippen LogP contribution is -2.33. The summed E-state index contributed by atoms with van der Waals surface area (Å²) in [5.74, 6) is 0.0579. The van der Waals surface area contributed by atoms with Gasteiger partial charge in [0, 0.05) is 18.6 Å². The third kappa shape index (κ3) is 4.39. The van der Waals surface area contributed by atoms with Crippen LogP contribution in [0.15, 0.2) is 84.6 Å². The summed E-state index contributed by atoms with van der Waals surface area (Å²) in [7, 11) is 3.42. The highest BCUT2D eigenvalue weighted by Crippen LogP contribution is 2.33. The lowest BCUT2D eigenvalue weighted by molar-refractivity contribution is -0.138. The summed E-state index contributed by atoms with van der Waals surface area (Å²) in [6.07, 6.45) is 0. The fourth-order valence-electron chi connectivity index (χ4n) is 3.79. The van der Waals surface area contributed by atoms with Crippen molar-refractivity contribution in [2.45, 2.75) is 13.1 Å². The van der Waals surface area contributed by atoms with Gasteiger partial charge in [-0.05, 0) is 41.0 Å². The van der Waals surface area contributed by atoms with E-state index in [1.807, 2.05) is 66.5 Å². The molecule has 3 aromatic carbocycles. The van der Waals surface area contributed by atoms with Crippen LogP contribution < -0.4 is 4.74 Å². The molecule has 0 aromatic heterocycles. The van der Waals surface area contributed by atoms with Crippen molar-refractivity contribution < 1.29 is 14.3 Å². The highest BCUT2D eigenvalue weighted by Gasteiger charge is 2.40. The standard InChI is InChI=1S/C26H23ClN2O3/c1-28(16-18-6-4-3-5-7-18)24-23(20-10-14-22(32-2)15-11-20)25(30)29(26(24)31)17-19-8-12-21(27)13-9-19/h3-15H,16-17H2,1-2H3. The molecule has 0 radical (unpaired) electrons. The molecule has 1 heterocycles. The molecular weight excluding hydrogens is 424 g/mol. The van der Waals surface area contributed by atoms with E-state index < -0.39 is 0 Å². The van der Waals surface area contributed by atoms with Gasteiger partial charge in [-0.1, -0.05) is 66.2 Å². The van der Waals surface area contributed by atoms with Gasteiger partial charge in [-0.25, -0.2) is 0 Å². The first-order chi connectivity index (χ1) is 15.5. The first-order valence-corrected chi connectivity index (χ1v) is 10.6. The van der Waals surface area contributed by atoms with Gasteiger partial charge in [-0.15, -0.1) is 0 Å². The van der Waals surface area contributed by atoms with E-state index in [0.29, 0.717) is 34.2 Å². The predicted octanol–water partition coefficient (Wildman–Crippen LogP) is 4.76. The van der Waals surface area contributed by atoms with E-state index in [0.717, 1.165) is 11.1 Å². The van der Waals surface area contributed by atoms with E-state index in [1.165, 1.54) is 4.90 Å². The van der Waals surface area contributed by atoms with E-state index in [1.54, 1.807) is 31.4 Å². The maximum Gasteiger partial charge on any atom is 0.278 e. The molecule has 0 bridgehead atoms. The van der Waals surface area contributed by atoms with Gasteiger partial charge < -0.3 is 9.64 Å². The Kier molecular flexibility index (Phi) is 6.28. The monoisotopic (exact) mass is 446 g/mol. The largest absolute Gasteiger partial charge is 0.497 e. The van der Waals surface area contributed by atoms with E-state index in [4.69, 9.17) is 16.3 Å². The molecule has 0 fully saturated rings. The van der Waals surface area contributed by atoms with Crippen LogP contribution >= 0.6 is 11.6 Å². The van der Waals surface area contributed by atoms with Gasteiger partial charge in [-0.2, -0.15) is 0 Å². The molecule has 1 aliphatic heterocycles. The Morgan fingerprint density at radius 1 is 0.844 bits per heavy atom. The molecule has 0 saturated carbocycles. The Morgan fingerprint density at radius 2 is 1.50 bits per heavy atom. The Labute approximate surface area is 192 Å². The van der Waals surface area contributed by atoms with Crippen molar-refractivity contribution in [3.05, 3.63) is 106 Å². The van der Waals surface area contributed by atoms with Crippen LogP contribution in [0.5, 0.6) is 5.75 Å². The molecule has 0 unspecified atom stereocenters. The van der Waals surface area contributed by atoms with Crippen molar-refractivity contribution in [3.8, 4) is 5.75 Å². The molecule has 2 amide bonds. The third-order valence-electron chi connectivity index (χ3n) is 5.42. The van der Waals surface area contributed by atoms with Crippen LogP contribution in [0, 0.1) is 0 Å². The number of hydrogen-bond donors (Lipinski definition) is 0. The number of nitrogens with zero attached hydrogens (tertiary/aromatic N) is 2. The SMILES string of the molecule is COc1ccc(C2=C(N(C)Cc3ccccc3)C(=O)N(Cc3ccc(Cl)cc3)C2=O)cc1. The fraction of sp³-hybridized carbons (Fsp3) is 0.154. The van der Waals surface area contributed by atoms with Crippen LogP contribution in [0.1, 0.15) is 16.7 Å². The first-order valence-electron chi connectivity index (χ1n) is 10.2. The summed E-state index contributed by atoms with van der Waals surface area (Å²) in [5, 5.41) is 0.605. The number of benzene rings is 3. The summed E-state index contributed by atoms with van der Waals surface area (Å²) >= 11 is 5.98. The van der Waals surface area contributed by atoms with Gasteiger partial charge >= 0.3 is 0 Å². The number of halogens is 1. The van der Waals surface area contributed by atoms with Crippen LogP contribution in [0.2, 0.25) is 5.02 Å². The quantitative estimate of drug-likeness (QED) is 0.491. The molecule has 1 aliphatic rings. The number of ether oxygens (including phenoxy) is 1. The van der Waals surface area contributed by atoms with Crippen LogP contribution in [-0.4, -0.2) is 35.8 Å². The molecule has 32 heavy (non-hydrogen) atoms. The van der Waals surface area contributed by atoms with Crippen molar-refractivity contribution in [2.75, 3.05) is 14.2 Å². The molecule has 0 saturated heterocycles. The molecule has 162 valence electrons. The van der Waals surface area contributed by atoms with E-state index in [9.17, 15) is 9.59 Å². The van der Waals surface area contributed by atoms with Gasteiger partial charge in [0.1, 0.15) is 11.4 Å². The molecule has 0 spiro atoms. The second kappa shape index (κ2) is 9.28. The van der Waals surface area contributed by atoms with Gasteiger partial charge in [0.25, 0.3) is 11.8 Å². The molecule has 0 N–H and O–H groups in total. The number of hydrogen-bond acceptors (Lipinski definition) is 4. The Hall–Kier alpha value is -3.57. The molecule has 0 atom stereocenters. The van der Waals surface area contributed by atoms with Crippen molar-refractivity contribution in [1.82, 2.24) is 9.80 Å². The van der Waals surface area contributed by atoms with Crippen molar-refractivity contribution in [2.24, 2.45) is 0 Å². The third-order valence-corrected chi connectivity index (χ3v) is 5.67. The van der Waals surface area contributed by atoms with Crippen molar-refractivity contribution in [3.63, 3.8) is 0 Å². The second-order valence-corrected chi connectivity index (χ2v) is 8.05. The zero-order valence-corrected chi connectivity index (χ0v) is 18.7. The number of imide groups is 1. The Bertz CT molecular complexity index is 1160. The maximum absolute atomic E-state index is 13.5. The smallest absolute Gasteiger partial charge is 0.278 e. The van der Waals surface area contributed by atoms with Gasteiger partial charge in [-0.3, -0.25) is 14.5 Å². The molecular formula is C26H23ClN2O3. The van der Waals surface area contributed by atoms with Gasteiger partial charge in [0.15, 0.2) is 0 Å². The number of carbonyl (C=O) groups is 2. The Balaban J connectivity index is 1.71. The molecule has 3 aromatic rings. The average Bonchev–Trinajstić information content (AvgIpc) is 3.06. The van der Waals surface area contributed by atoms with Gasteiger partial charge in [0.05, 0.1) is 19.2 Å². The fourth-order valence-corrected chi connectivity index (χ4v) is 3.91. The lowest BCUT2D eigenvalue weighted by Gasteiger charge is -2.21. The van der Waals surface area contributed by atoms with Crippen LogP contribution in [0.4, 0.5) is 0 Å². The first kappa shape index (κ1) is 21.7. The zero-order chi connectivity index (χ0) is 22.7. The predicted molar refractivity (Wildman–Crippen MR) is 125 cm³/mol. The minimum absolute atomic E-state index is 0.178. The topological polar surface area (TPSA) is 49.9 Å². The average molecular weight is 447 g/mol. The normalized spacial score (nSPS) is 13.7. The molecule has 5 nitrogen and oxygen atoms in total. The summed E-state index contributed by atoms with van der Waals surface area (Å²) in [4.78, 5) is 30.1. The lowest BCUT2D eigenvalue weighted by atomic mass is 10.0. The second-order valence-electron chi connectivity index (χ2n) is 7.62. The van der Waals surface area contributed by atoms with Crippen molar-refractivity contribution in [1.29, 1.82) is 0 Å². The zero-order valence-electron chi connectivity index (χ0n) is 17.9.